The number of nitrogens with zero attached hydrogens (tertiary/aromatic N) is 5. The Morgan fingerprint density at radius 2 is 1.65 bits per heavy atom. The van der Waals surface area contributed by atoms with Crippen molar-refractivity contribution in [1.29, 1.82) is 0 Å². The smallest absolute Gasteiger partial charge is 0.221 e. The van der Waals surface area contributed by atoms with Crippen LogP contribution in [-0.2, 0) is 6.54 Å². The van der Waals surface area contributed by atoms with Crippen molar-refractivity contribution in [1.82, 2.24) is 14.8 Å². The molecule has 7 heteroatoms. The second kappa shape index (κ2) is 6.93. The number of azo groups is 1. The summed E-state index contributed by atoms with van der Waals surface area (Å²) in [7, 11) is 0. The Hall–Kier alpha value is -3.25. The molecule has 2 aromatic heterocycles. The average Bonchev–Trinajstić information content (AvgIpc) is 2.94. The molecule has 128 valence electrons. The van der Waals surface area contributed by atoms with E-state index in [0.29, 0.717) is 18.1 Å². The highest BCUT2D eigenvalue weighted by molar-refractivity contribution is 6.29. The summed E-state index contributed by atoms with van der Waals surface area (Å²) in [6, 6.07) is 20.8. The lowest BCUT2D eigenvalue weighted by atomic mass is 10.2. The molecule has 0 atom stereocenters. The number of benzene rings is 2. The van der Waals surface area contributed by atoms with Crippen molar-refractivity contribution in [3.05, 3.63) is 77.4 Å². The number of halogens is 1. The Balaban J connectivity index is 1.77. The first-order valence-corrected chi connectivity index (χ1v) is 8.35. The van der Waals surface area contributed by atoms with Crippen LogP contribution in [0.1, 0.15) is 5.56 Å². The average molecular weight is 364 g/mol. The van der Waals surface area contributed by atoms with Gasteiger partial charge in [-0.1, -0.05) is 60.1 Å². The minimum atomic E-state index is 0.0562. The maximum Gasteiger partial charge on any atom is 0.221 e. The molecule has 0 aliphatic carbocycles. The standard InChI is InChI=1S/C19H14ClN5O/c20-16-10-11-17(22-21-16)23-24-18-14-8-4-5-9-15(14)25(19(18)26)12-13-6-2-1-3-7-13/h1-11,26H,12H2. The second-order valence-corrected chi connectivity index (χ2v) is 6.06. The van der Waals surface area contributed by atoms with Gasteiger partial charge in [0.05, 0.1) is 12.1 Å². The highest BCUT2D eigenvalue weighted by atomic mass is 35.5. The predicted octanol–water partition coefficient (Wildman–Crippen LogP) is 5.25. The van der Waals surface area contributed by atoms with Crippen LogP contribution in [0.25, 0.3) is 10.9 Å². The predicted molar refractivity (Wildman–Crippen MR) is 100 cm³/mol. The summed E-state index contributed by atoms with van der Waals surface area (Å²) in [4.78, 5) is 0. The van der Waals surface area contributed by atoms with Gasteiger partial charge in [-0.3, -0.25) is 0 Å². The molecule has 2 aromatic carbocycles. The van der Waals surface area contributed by atoms with Gasteiger partial charge in [0, 0.05) is 5.39 Å². The maximum atomic E-state index is 10.7. The summed E-state index contributed by atoms with van der Waals surface area (Å²) in [6.07, 6.45) is 0. The summed E-state index contributed by atoms with van der Waals surface area (Å²) in [5.74, 6) is 0.370. The van der Waals surface area contributed by atoms with Gasteiger partial charge >= 0.3 is 0 Å². The Morgan fingerprint density at radius 1 is 0.885 bits per heavy atom. The molecule has 0 amide bonds. The van der Waals surface area contributed by atoms with E-state index in [9.17, 15) is 5.11 Å². The van der Waals surface area contributed by atoms with Crippen LogP contribution in [0.4, 0.5) is 11.5 Å². The third kappa shape index (κ3) is 3.14. The van der Waals surface area contributed by atoms with Gasteiger partial charge in [-0.25, -0.2) is 0 Å². The lowest BCUT2D eigenvalue weighted by Gasteiger charge is -2.06. The van der Waals surface area contributed by atoms with Crippen LogP contribution in [0.5, 0.6) is 5.88 Å². The second-order valence-electron chi connectivity index (χ2n) is 5.68. The molecule has 26 heavy (non-hydrogen) atoms. The van der Waals surface area contributed by atoms with E-state index in [1.807, 2.05) is 59.2 Å². The molecular weight excluding hydrogens is 350 g/mol. The Kier molecular flexibility index (Phi) is 4.33. The molecule has 0 saturated carbocycles. The molecule has 1 N–H and O–H groups in total. The van der Waals surface area contributed by atoms with Crippen LogP contribution in [-0.4, -0.2) is 19.9 Å². The van der Waals surface area contributed by atoms with Crippen molar-refractivity contribution in [3.8, 4) is 5.88 Å². The topological polar surface area (TPSA) is 75.7 Å². The summed E-state index contributed by atoms with van der Waals surface area (Å²) in [6.45, 7) is 0.531. The lowest BCUT2D eigenvalue weighted by molar-refractivity contribution is 0.429. The zero-order chi connectivity index (χ0) is 17.9. The molecule has 0 aliphatic heterocycles. The highest BCUT2D eigenvalue weighted by Crippen LogP contribution is 2.39. The summed E-state index contributed by atoms with van der Waals surface area (Å²) in [5, 5.41) is 27.7. The minimum absolute atomic E-state index is 0.0562. The lowest BCUT2D eigenvalue weighted by Crippen LogP contribution is -1.98. The number of aromatic nitrogens is 3. The van der Waals surface area contributed by atoms with Gasteiger partial charge in [0.2, 0.25) is 5.88 Å². The van der Waals surface area contributed by atoms with Gasteiger partial charge < -0.3 is 9.67 Å². The van der Waals surface area contributed by atoms with E-state index in [0.717, 1.165) is 16.5 Å². The first kappa shape index (κ1) is 16.2. The Morgan fingerprint density at radius 3 is 2.42 bits per heavy atom. The fourth-order valence-electron chi connectivity index (χ4n) is 2.76. The van der Waals surface area contributed by atoms with Gasteiger partial charge in [0.15, 0.2) is 16.7 Å². The molecule has 0 radical (unpaired) electrons. The number of hydrogen-bond donors (Lipinski definition) is 1. The molecule has 4 aromatic rings. The molecule has 0 bridgehead atoms. The van der Waals surface area contributed by atoms with E-state index in [2.05, 4.69) is 20.4 Å². The molecule has 6 nitrogen and oxygen atoms in total. The SMILES string of the molecule is Oc1c(N=Nc2ccc(Cl)nn2)c2ccccc2n1Cc1ccccc1. The van der Waals surface area contributed by atoms with Crippen molar-refractivity contribution < 1.29 is 5.11 Å². The molecule has 0 aliphatic rings. The molecule has 2 heterocycles. The molecule has 0 unspecified atom stereocenters. The molecular formula is C19H14ClN5O. The van der Waals surface area contributed by atoms with Gasteiger partial charge in [-0.05, 0) is 23.8 Å². The van der Waals surface area contributed by atoms with E-state index >= 15 is 0 Å². The fourth-order valence-corrected chi connectivity index (χ4v) is 2.86. The largest absolute Gasteiger partial charge is 0.493 e. The van der Waals surface area contributed by atoms with Crippen molar-refractivity contribution in [2.24, 2.45) is 10.2 Å². The summed E-state index contributed by atoms with van der Waals surface area (Å²) >= 11 is 5.72. The highest BCUT2D eigenvalue weighted by Gasteiger charge is 2.16. The minimum Gasteiger partial charge on any atom is -0.493 e. The third-order valence-electron chi connectivity index (χ3n) is 3.97. The summed E-state index contributed by atoms with van der Waals surface area (Å²) in [5.41, 5.74) is 2.36. The number of aromatic hydroxyl groups is 1. The quantitative estimate of drug-likeness (QED) is 0.503. The van der Waals surface area contributed by atoms with Crippen molar-refractivity contribution in [3.63, 3.8) is 0 Å². The van der Waals surface area contributed by atoms with E-state index in [1.165, 1.54) is 0 Å². The number of para-hydroxylation sites is 1. The van der Waals surface area contributed by atoms with Crippen LogP contribution in [0.15, 0.2) is 77.0 Å². The van der Waals surface area contributed by atoms with Gasteiger partial charge in [-0.15, -0.1) is 20.4 Å². The number of hydrogen-bond acceptors (Lipinski definition) is 5. The molecule has 4 rings (SSSR count). The van der Waals surface area contributed by atoms with E-state index < -0.39 is 0 Å². The van der Waals surface area contributed by atoms with Crippen molar-refractivity contribution in [2.75, 3.05) is 0 Å². The van der Waals surface area contributed by atoms with Gasteiger partial charge in [-0.2, -0.15) is 0 Å². The van der Waals surface area contributed by atoms with Gasteiger partial charge in [0.1, 0.15) is 0 Å². The Bertz CT molecular complexity index is 1070. The van der Waals surface area contributed by atoms with Crippen molar-refractivity contribution in [2.45, 2.75) is 6.54 Å². The third-order valence-corrected chi connectivity index (χ3v) is 4.17. The van der Waals surface area contributed by atoms with Crippen LogP contribution >= 0.6 is 11.6 Å². The Labute approximate surface area is 154 Å². The van der Waals surface area contributed by atoms with Gasteiger partial charge in [0.25, 0.3) is 0 Å². The number of fused-ring (bicyclic) bond motifs is 1. The van der Waals surface area contributed by atoms with Crippen molar-refractivity contribution >= 4 is 34.0 Å². The van der Waals surface area contributed by atoms with E-state index in [1.54, 1.807) is 12.1 Å². The van der Waals surface area contributed by atoms with Crippen LogP contribution in [0.3, 0.4) is 0 Å². The first-order chi connectivity index (χ1) is 12.7. The monoisotopic (exact) mass is 363 g/mol. The van der Waals surface area contributed by atoms with E-state index in [-0.39, 0.29) is 11.0 Å². The summed E-state index contributed by atoms with van der Waals surface area (Å²) < 4.78 is 1.81. The zero-order valence-electron chi connectivity index (χ0n) is 13.6. The van der Waals surface area contributed by atoms with Crippen LogP contribution in [0, 0.1) is 0 Å². The zero-order valence-corrected chi connectivity index (χ0v) is 14.4. The van der Waals surface area contributed by atoms with Crippen LogP contribution in [0.2, 0.25) is 5.15 Å². The number of rotatable bonds is 4. The molecule has 0 spiro atoms. The molecule has 0 fully saturated rings. The first-order valence-electron chi connectivity index (χ1n) is 7.97. The molecule has 0 saturated heterocycles. The maximum absolute atomic E-state index is 10.7. The fraction of sp³-hybridized carbons (Fsp3) is 0.0526. The van der Waals surface area contributed by atoms with E-state index in [4.69, 9.17) is 11.6 Å². The van der Waals surface area contributed by atoms with Crippen LogP contribution < -0.4 is 0 Å². The normalized spacial score (nSPS) is 11.4.